The van der Waals surface area contributed by atoms with E-state index in [0.717, 1.165) is 4.48 Å². The summed E-state index contributed by atoms with van der Waals surface area (Å²) in [5.41, 5.74) is -2.85. The molecule has 0 heterocycles. The highest BCUT2D eigenvalue weighted by Crippen LogP contribution is 2.14. The van der Waals surface area contributed by atoms with E-state index in [4.69, 9.17) is 15.3 Å². The number of carboxylic acids is 3. The van der Waals surface area contributed by atoms with Gasteiger partial charge in [-0.25, -0.2) is 0 Å². The highest BCUT2D eigenvalue weighted by atomic mass is 16.4. The van der Waals surface area contributed by atoms with Crippen molar-refractivity contribution in [2.75, 3.05) is 28.2 Å². The van der Waals surface area contributed by atoms with Gasteiger partial charge >= 0.3 is 11.9 Å². The van der Waals surface area contributed by atoms with Gasteiger partial charge in [-0.3, -0.25) is 9.59 Å². The third kappa shape index (κ3) is 12.4. The molecule has 8 nitrogen and oxygen atoms in total. The van der Waals surface area contributed by atoms with Crippen LogP contribution in [0.15, 0.2) is 0 Å². The van der Waals surface area contributed by atoms with Gasteiger partial charge in [0.2, 0.25) is 0 Å². The zero-order valence-corrected chi connectivity index (χ0v) is 10.8. The summed E-state index contributed by atoms with van der Waals surface area (Å²) < 4.78 is 1.00. The molecule has 0 fully saturated rings. The Hall–Kier alpha value is -1.67. The molecule has 0 amide bonds. The van der Waals surface area contributed by atoms with Gasteiger partial charge in [-0.15, -0.1) is 0 Å². The fourth-order valence-corrected chi connectivity index (χ4v) is 0.707. The molecule has 0 unspecified atom stereocenters. The molecule has 0 saturated heterocycles. The number of hydrogen-bond acceptors (Lipinski definition) is 5. The molecule has 0 aliphatic carbocycles. The van der Waals surface area contributed by atoms with E-state index in [0.29, 0.717) is 0 Å². The molecule has 0 aromatic carbocycles. The fraction of sp³-hybridized carbons (Fsp3) is 0.700. The lowest BCUT2D eigenvalue weighted by molar-refractivity contribution is -0.849. The topological polar surface area (TPSA) is 135 Å². The smallest absolute Gasteiger partial charge is 0.306 e. The van der Waals surface area contributed by atoms with E-state index in [1.54, 1.807) is 0 Å². The summed E-state index contributed by atoms with van der Waals surface area (Å²) in [4.78, 5) is 30.3. The minimum absolute atomic E-state index is 1.00. The number of hydrogen-bond donors (Lipinski definition) is 3. The Balaban J connectivity index is 0. The molecule has 3 N–H and O–H groups in total. The number of carboxylic acid groups (broad SMARTS) is 3. The number of carbonyl (C=O) groups excluding carboxylic acids is 1. The van der Waals surface area contributed by atoms with E-state index in [-0.39, 0.29) is 0 Å². The van der Waals surface area contributed by atoms with Crippen LogP contribution in [0.5, 0.6) is 0 Å². The first-order valence-electron chi connectivity index (χ1n) is 4.94. The average molecular weight is 265 g/mol. The molecule has 0 aromatic heterocycles. The summed E-state index contributed by atoms with van der Waals surface area (Å²) in [6, 6.07) is 0. The molecule has 18 heavy (non-hydrogen) atoms. The number of aliphatic carboxylic acids is 3. The van der Waals surface area contributed by atoms with Crippen LogP contribution in [0.25, 0.3) is 0 Å². The van der Waals surface area contributed by atoms with Crippen LogP contribution >= 0.6 is 0 Å². The molecule has 0 bridgehead atoms. The molecular formula is C10H19NO7. The van der Waals surface area contributed by atoms with Gasteiger partial charge in [0.05, 0.1) is 47.0 Å². The van der Waals surface area contributed by atoms with Crippen LogP contribution in [-0.4, -0.2) is 71.5 Å². The minimum Gasteiger partial charge on any atom is -0.547 e. The Morgan fingerprint density at radius 1 is 1.00 bits per heavy atom. The maximum absolute atomic E-state index is 10.2. The molecule has 0 spiro atoms. The van der Waals surface area contributed by atoms with Crippen LogP contribution in [0.4, 0.5) is 0 Å². The highest BCUT2D eigenvalue weighted by Gasteiger charge is 2.34. The Morgan fingerprint density at radius 3 is 1.33 bits per heavy atom. The lowest BCUT2D eigenvalue weighted by atomic mass is 9.96. The van der Waals surface area contributed by atoms with E-state index in [1.165, 1.54) is 0 Å². The van der Waals surface area contributed by atoms with Gasteiger partial charge in [-0.05, 0) is 0 Å². The van der Waals surface area contributed by atoms with Crippen LogP contribution in [0.3, 0.4) is 0 Å². The Bertz CT molecular complexity index is 297. The van der Waals surface area contributed by atoms with Gasteiger partial charge in [0, 0.05) is 0 Å². The van der Waals surface area contributed by atoms with Crippen molar-refractivity contribution in [3.8, 4) is 0 Å². The number of rotatable bonds is 5. The summed E-state index contributed by atoms with van der Waals surface area (Å²) in [6.07, 6.45) is -2.41. The zero-order valence-electron chi connectivity index (χ0n) is 10.8. The van der Waals surface area contributed by atoms with Crippen molar-refractivity contribution < 1.29 is 39.3 Å². The standard InChI is InChI=1S/C6H8O7.C4H12N/c7-3(8)1-6(13,5(11)12)2-4(9)10;1-5(2,3)4/h13H,1-2H2,(H,7,8)(H,9,10)(H,11,12);1-4H3/q;+1/p-1. The first-order valence-corrected chi connectivity index (χ1v) is 4.94. The minimum atomic E-state index is -2.85. The van der Waals surface area contributed by atoms with Gasteiger partial charge in [-0.1, -0.05) is 0 Å². The molecular weight excluding hydrogens is 246 g/mol. The SMILES string of the molecule is C[N+](C)(C)C.O=C(O)CC(O)(CC(=O)O)C(=O)[O-]. The third-order valence-electron chi connectivity index (χ3n) is 1.27. The van der Waals surface area contributed by atoms with Gasteiger partial charge in [0.15, 0.2) is 0 Å². The maximum atomic E-state index is 10.2. The van der Waals surface area contributed by atoms with Crippen molar-refractivity contribution in [3.05, 3.63) is 0 Å². The van der Waals surface area contributed by atoms with Crippen molar-refractivity contribution >= 4 is 17.9 Å². The van der Waals surface area contributed by atoms with E-state index >= 15 is 0 Å². The summed E-state index contributed by atoms with van der Waals surface area (Å²) in [5, 5.41) is 35.5. The number of quaternary nitrogens is 1. The first-order chi connectivity index (χ1) is 7.78. The van der Waals surface area contributed by atoms with Crippen molar-refractivity contribution in [1.82, 2.24) is 0 Å². The van der Waals surface area contributed by atoms with Crippen molar-refractivity contribution in [3.63, 3.8) is 0 Å². The summed E-state index contributed by atoms with van der Waals surface area (Å²) in [5.74, 6) is -5.35. The molecule has 0 aliphatic rings. The van der Waals surface area contributed by atoms with E-state index in [2.05, 4.69) is 28.2 Å². The fourth-order valence-electron chi connectivity index (χ4n) is 0.707. The molecule has 0 rings (SSSR count). The number of aliphatic hydroxyl groups is 1. The molecule has 8 heteroatoms. The monoisotopic (exact) mass is 265 g/mol. The molecule has 0 radical (unpaired) electrons. The number of nitrogens with zero attached hydrogens (tertiary/aromatic N) is 1. The van der Waals surface area contributed by atoms with Crippen molar-refractivity contribution in [2.24, 2.45) is 0 Å². The average Bonchev–Trinajstić information content (AvgIpc) is 1.95. The number of carbonyl (C=O) groups is 3. The molecule has 106 valence electrons. The van der Waals surface area contributed by atoms with Gasteiger partial charge in [0.25, 0.3) is 0 Å². The summed E-state index contributed by atoms with van der Waals surface area (Å²) >= 11 is 0. The van der Waals surface area contributed by atoms with E-state index < -0.39 is 36.4 Å². The van der Waals surface area contributed by atoms with Crippen molar-refractivity contribution in [1.29, 1.82) is 0 Å². The second kappa shape index (κ2) is 6.92. The predicted molar refractivity (Wildman–Crippen MR) is 58.4 cm³/mol. The van der Waals surface area contributed by atoms with Crippen LogP contribution < -0.4 is 5.11 Å². The maximum Gasteiger partial charge on any atom is 0.306 e. The second-order valence-corrected chi connectivity index (χ2v) is 5.14. The third-order valence-corrected chi connectivity index (χ3v) is 1.27. The summed E-state index contributed by atoms with van der Waals surface area (Å²) in [6.45, 7) is 0. The lowest BCUT2D eigenvalue weighted by Crippen LogP contribution is -2.51. The van der Waals surface area contributed by atoms with Crippen LogP contribution in [0, 0.1) is 0 Å². The molecule has 0 atom stereocenters. The lowest BCUT2D eigenvalue weighted by Gasteiger charge is -2.25. The van der Waals surface area contributed by atoms with Crippen LogP contribution in [0.1, 0.15) is 12.8 Å². The largest absolute Gasteiger partial charge is 0.547 e. The zero-order chi connectivity index (χ0) is 15.1. The Morgan fingerprint density at radius 2 is 1.22 bits per heavy atom. The molecule has 0 saturated carbocycles. The van der Waals surface area contributed by atoms with E-state index in [9.17, 15) is 19.5 Å². The van der Waals surface area contributed by atoms with E-state index in [1.807, 2.05) is 0 Å². The van der Waals surface area contributed by atoms with Gasteiger partial charge < -0.3 is 29.7 Å². The van der Waals surface area contributed by atoms with Crippen LogP contribution in [-0.2, 0) is 14.4 Å². The van der Waals surface area contributed by atoms with Gasteiger partial charge in [0.1, 0.15) is 5.60 Å². The predicted octanol–water partition coefficient (Wildman–Crippen LogP) is -2.26. The quantitative estimate of drug-likeness (QED) is 0.477. The molecule has 0 aromatic rings. The highest BCUT2D eigenvalue weighted by molar-refractivity contribution is 5.86. The van der Waals surface area contributed by atoms with Crippen molar-refractivity contribution in [2.45, 2.75) is 18.4 Å². The van der Waals surface area contributed by atoms with Crippen LogP contribution in [0.2, 0.25) is 0 Å². The normalized spacial score (nSPS) is 11.2. The summed E-state index contributed by atoms with van der Waals surface area (Å²) in [7, 11) is 8.50. The Labute approximate surface area is 105 Å². The molecule has 0 aliphatic heterocycles. The van der Waals surface area contributed by atoms with Gasteiger partial charge in [-0.2, -0.15) is 0 Å². The Kier molecular flexibility index (Phi) is 7.18. The first kappa shape index (κ1) is 18.7. The second-order valence-electron chi connectivity index (χ2n) is 5.14.